The largest absolute Gasteiger partial charge is 0.456 e. The van der Waals surface area contributed by atoms with E-state index in [1.165, 1.54) is 64.1 Å². The Bertz CT molecular complexity index is 2550. The van der Waals surface area contributed by atoms with E-state index in [-0.39, 0.29) is 35.3 Å². The number of hydrogen-bond donors (Lipinski definition) is 4. The molecule has 1 amide bonds. The number of aliphatic hydroxyl groups is 3. The van der Waals surface area contributed by atoms with Crippen molar-refractivity contribution in [1.29, 1.82) is 0 Å². The van der Waals surface area contributed by atoms with E-state index in [9.17, 15) is 39.3 Å². The summed E-state index contributed by atoms with van der Waals surface area (Å²) in [6, 6.07) is 9.44. The van der Waals surface area contributed by atoms with Crippen molar-refractivity contribution in [3.05, 3.63) is 119 Å². The zero-order valence-electron chi connectivity index (χ0n) is 39.8. The number of ketones is 1. The molecule has 15 nitrogen and oxygen atoms in total. The molecule has 4 N–H and O–H groups in total. The van der Waals surface area contributed by atoms with Crippen molar-refractivity contribution < 1.29 is 74.6 Å². The fourth-order valence-corrected chi connectivity index (χ4v) is 9.95. The molecule has 4 aliphatic rings. The van der Waals surface area contributed by atoms with Crippen LogP contribution in [0.1, 0.15) is 93.6 Å². The second-order valence-electron chi connectivity index (χ2n) is 17.0. The summed E-state index contributed by atoms with van der Waals surface area (Å²) in [6.45, 7) is 7.59. The summed E-state index contributed by atoms with van der Waals surface area (Å²) >= 11 is 0. The minimum absolute atomic E-state index is 0.0163. The third-order valence-electron chi connectivity index (χ3n) is 13.2. The van der Waals surface area contributed by atoms with Crippen LogP contribution in [-0.2, 0) is 42.9 Å². The van der Waals surface area contributed by atoms with Gasteiger partial charge in [0.15, 0.2) is 23.6 Å². The van der Waals surface area contributed by atoms with E-state index in [0.29, 0.717) is 0 Å². The second-order valence-corrected chi connectivity index (χ2v) is 17.0. The molecule has 328 valence electrons. The van der Waals surface area contributed by atoms with Crippen LogP contribution in [0.25, 0.3) is 0 Å². The fraction of sp³-hybridized carbons (Fsp3) is 0.447. The SMILES string of the molecule is [2H]c1c([2H])c([2H])c(C(=O)NC(c2ccccc2)C(O)C(=O)OC2CC3(O)C(OC(=O)c4ccccc4)C4C5(OC(C)=O)COC5CC(O)C4(C)C(=O)C(OC(C)=O)C(=C2C)C3(C)C)c([2H])c1[2H]. The van der Waals surface area contributed by atoms with Gasteiger partial charge in [-0.25, -0.2) is 9.59 Å². The van der Waals surface area contributed by atoms with E-state index in [1.807, 2.05) is 0 Å². The lowest BCUT2D eigenvalue weighted by molar-refractivity contribution is -0.346. The van der Waals surface area contributed by atoms with E-state index >= 15 is 4.79 Å². The Morgan fingerprint density at radius 2 is 1.52 bits per heavy atom. The molecule has 2 bridgehead atoms. The van der Waals surface area contributed by atoms with Gasteiger partial charge in [0, 0.05) is 37.7 Å². The zero-order valence-corrected chi connectivity index (χ0v) is 34.8. The van der Waals surface area contributed by atoms with Gasteiger partial charge in [0.1, 0.15) is 23.9 Å². The third kappa shape index (κ3) is 7.29. The molecule has 1 aliphatic heterocycles. The molecule has 1 heterocycles. The lowest BCUT2D eigenvalue weighted by Gasteiger charge is -2.67. The van der Waals surface area contributed by atoms with Gasteiger partial charge in [-0.05, 0) is 54.8 Å². The maximum atomic E-state index is 15.5. The average molecular weight is 859 g/mol. The highest BCUT2D eigenvalue weighted by Crippen LogP contribution is 2.64. The van der Waals surface area contributed by atoms with Crippen LogP contribution in [0, 0.1) is 16.7 Å². The molecule has 11 atom stereocenters. The quantitative estimate of drug-likeness (QED) is 0.130. The van der Waals surface area contributed by atoms with Crippen LogP contribution >= 0.6 is 0 Å². The highest BCUT2D eigenvalue weighted by molar-refractivity contribution is 5.96. The van der Waals surface area contributed by atoms with Gasteiger partial charge in [-0.15, -0.1) is 0 Å². The molecule has 3 aromatic carbocycles. The standard InChI is InChI=1S/C47H51NO14/c1-25-31(60-43(56)36(52)35(28-16-10-7-11-17-28)48-41(54)29-18-12-8-13-19-29)23-47(57)40(61-42(55)30-20-14-9-15-21-30)38-45(6,32(51)22-33-46(38,24-58-33)62-27(3)50)39(53)37(59-26(2)49)34(25)44(47,4)5/h7-21,31-33,35-38,40,51-52,57H,22-24H2,1-6H3,(H,48,54)/i8D,12D,13D,18D,19D. The number of rotatable bonds is 10. The Hall–Kier alpha value is -5.74. The van der Waals surface area contributed by atoms with E-state index < -0.39 is 148 Å². The van der Waals surface area contributed by atoms with Gasteiger partial charge in [-0.3, -0.25) is 19.2 Å². The van der Waals surface area contributed by atoms with Crippen molar-refractivity contribution in [2.24, 2.45) is 16.7 Å². The summed E-state index contributed by atoms with van der Waals surface area (Å²) in [5.74, 6) is -7.99. The van der Waals surface area contributed by atoms with Crippen molar-refractivity contribution in [3.63, 3.8) is 0 Å². The number of esters is 4. The van der Waals surface area contributed by atoms with Crippen LogP contribution in [0.2, 0.25) is 0 Å². The topological polar surface area (TPSA) is 221 Å². The van der Waals surface area contributed by atoms with E-state index in [4.69, 9.17) is 30.5 Å². The third-order valence-corrected chi connectivity index (χ3v) is 13.2. The zero-order chi connectivity index (χ0) is 49.3. The Morgan fingerprint density at radius 1 is 0.887 bits per heavy atom. The molecule has 0 spiro atoms. The molecule has 15 heteroatoms. The first-order chi connectivity index (χ1) is 31.3. The summed E-state index contributed by atoms with van der Waals surface area (Å²) in [7, 11) is 0. The molecular formula is C47H51NO14. The molecule has 3 aliphatic carbocycles. The number of ether oxygens (including phenoxy) is 5. The van der Waals surface area contributed by atoms with E-state index in [2.05, 4.69) is 5.32 Å². The summed E-state index contributed by atoms with van der Waals surface area (Å²) in [4.78, 5) is 84.1. The highest BCUT2D eigenvalue weighted by atomic mass is 16.6. The summed E-state index contributed by atoms with van der Waals surface area (Å²) in [5, 5.41) is 40.1. The maximum absolute atomic E-state index is 15.5. The van der Waals surface area contributed by atoms with Crippen molar-refractivity contribution in [2.45, 2.75) is 108 Å². The van der Waals surface area contributed by atoms with Crippen LogP contribution in [0.5, 0.6) is 0 Å². The molecule has 7 rings (SSSR count). The highest BCUT2D eigenvalue weighted by Gasteiger charge is 2.78. The van der Waals surface area contributed by atoms with Crippen molar-refractivity contribution in [1.82, 2.24) is 5.32 Å². The maximum Gasteiger partial charge on any atom is 0.338 e. The number of nitrogens with one attached hydrogen (secondary N) is 1. The lowest BCUT2D eigenvalue weighted by atomic mass is 9.44. The first kappa shape index (κ1) is 38.0. The summed E-state index contributed by atoms with van der Waals surface area (Å²) in [5.41, 5.74) is -8.87. The van der Waals surface area contributed by atoms with Crippen LogP contribution in [0.4, 0.5) is 0 Å². The first-order valence-electron chi connectivity index (χ1n) is 22.6. The van der Waals surface area contributed by atoms with Gasteiger partial charge >= 0.3 is 23.9 Å². The lowest BCUT2D eigenvalue weighted by Crippen LogP contribution is -2.82. The van der Waals surface area contributed by atoms with Gasteiger partial charge in [0.05, 0.1) is 42.5 Å². The van der Waals surface area contributed by atoms with Crippen LogP contribution < -0.4 is 5.32 Å². The number of Topliss-reactive ketones (excluding diaryl/α,β-unsaturated/α-hetero) is 1. The number of hydrogen-bond acceptors (Lipinski definition) is 14. The van der Waals surface area contributed by atoms with E-state index in [1.54, 1.807) is 24.3 Å². The van der Waals surface area contributed by atoms with E-state index in [0.717, 1.165) is 13.8 Å². The molecule has 62 heavy (non-hydrogen) atoms. The van der Waals surface area contributed by atoms with Gasteiger partial charge in [-0.1, -0.05) is 80.5 Å². The number of aliphatic hydroxyl groups excluding tert-OH is 2. The molecule has 0 radical (unpaired) electrons. The van der Waals surface area contributed by atoms with Gasteiger partial charge < -0.3 is 44.3 Å². The summed E-state index contributed by atoms with van der Waals surface area (Å²) in [6.07, 6.45) is -11.4. The molecule has 2 saturated carbocycles. The van der Waals surface area contributed by atoms with Gasteiger partial charge in [0.25, 0.3) is 5.91 Å². The number of carbonyl (C=O) groups excluding carboxylic acids is 6. The Morgan fingerprint density at radius 3 is 2.10 bits per heavy atom. The first-order valence-corrected chi connectivity index (χ1v) is 20.1. The molecule has 3 aromatic rings. The average Bonchev–Trinajstić information content (AvgIpc) is 3.27. The second kappa shape index (κ2) is 16.5. The predicted octanol–water partition coefficient (Wildman–Crippen LogP) is 3.74. The van der Waals surface area contributed by atoms with Crippen molar-refractivity contribution in [3.8, 4) is 0 Å². The van der Waals surface area contributed by atoms with Gasteiger partial charge in [0.2, 0.25) is 0 Å². The smallest absolute Gasteiger partial charge is 0.338 e. The predicted molar refractivity (Wildman–Crippen MR) is 218 cm³/mol. The fourth-order valence-electron chi connectivity index (χ4n) is 9.95. The number of amides is 1. The van der Waals surface area contributed by atoms with Crippen molar-refractivity contribution >= 4 is 35.6 Å². The number of benzene rings is 3. The molecule has 1 saturated heterocycles. The molecule has 3 fully saturated rings. The van der Waals surface area contributed by atoms with Crippen LogP contribution in [-0.4, -0.2) is 105 Å². The Kier molecular flexibility index (Phi) is 10.1. The summed E-state index contributed by atoms with van der Waals surface area (Å²) < 4.78 is 70.8. The number of fused-ring (bicyclic) bond motifs is 5. The minimum atomic E-state index is -2.49. The number of carbonyl (C=O) groups is 6. The normalized spacial score (nSPS) is 33.0. The monoisotopic (exact) mass is 858 g/mol. The molecule has 0 aromatic heterocycles. The van der Waals surface area contributed by atoms with Crippen molar-refractivity contribution in [2.75, 3.05) is 6.61 Å². The van der Waals surface area contributed by atoms with Crippen LogP contribution in [0.15, 0.2) is 102 Å². The van der Waals surface area contributed by atoms with Gasteiger partial charge in [-0.2, -0.15) is 0 Å². The van der Waals surface area contributed by atoms with Crippen LogP contribution in [0.3, 0.4) is 0 Å². The molecular weight excluding hydrogens is 803 g/mol. The Balaban J connectivity index is 1.38. The minimum Gasteiger partial charge on any atom is -0.456 e. The Labute approximate surface area is 365 Å². The molecule has 11 unspecified atom stereocenters.